The van der Waals surface area contributed by atoms with Gasteiger partial charge in [0.25, 0.3) is 0 Å². The van der Waals surface area contributed by atoms with E-state index in [1.165, 1.54) is 11.1 Å². The first kappa shape index (κ1) is 17.7. The quantitative estimate of drug-likeness (QED) is 0.762. The second kappa shape index (κ2) is 7.89. The van der Waals surface area contributed by atoms with Crippen LogP contribution in [-0.4, -0.2) is 24.3 Å². The molecule has 26 heavy (non-hydrogen) atoms. The largest absolute Gasteiger partial charge is 0.310 e. The molecule has 138 valence electrons. The molecule has 2 aliphatic carbocycles. The highest BCUT2D eigenvalue weighted by molar-refractivity contribution is 5.27. The number of nitrogens with one attached hydrogen (secondary N) is 2. The number of benzene rings is 2. The van der Waals surface area contributed by atoms with Gasteiger partial charge in [0, 0.05) is 31.1 Å². The summed E-state index contributed by atoms with van der Waals surface area (Å²) < 4.78 is 15.1. The summed E-state index contributed by atoms with van der Waals surface area (Å²) in [6, 6.07) is 21.9. The summed E-state index contributed by atoms with van der Waals surface area (Å²) in [4.78, 5) is 0. The van der Waals surface area contributed by atoms with Crippen LogP contribution in [-0.2, 0) is 6.54 Å². The lowest BCUT2D eigenvalue weighted by Gasteiger charge is -2.34. The van der Waals surface area contributed by atoms with Gasteiger partial charge in [0.05, 0.1) is 0 Å². The highest BCUT2D eigenvalue weighted by atomic mass is 19.1. The van der Waals surface area contributed by atoms with Crippen molar-refractivity contribution in [3.8, 4) is 0 Å². The lowest BCUT2D eigenvalue weighted by molar-refractivity contribution is 0.0904. The van der Waals surface area contributed by atoms with E-state index in [4.69, 9.17) is 0 Å². The Balaban J connectivity index is 1.18. The third-order valence-corrected chi connectivity index (χ3v) is 6.02. The molecule has 0 heterocycles. The van der Waals surface area contributed by atoms with Crippen molar-refractivity contribution in [2.75, 3.05) is 6.54 Å². The van der Waals surface area contributed by atoms with Gasteiger partial charge in [-0.05, 0) is 43.2 Å². The molecule has 0 aliphatic heterocycles. The standard InChI is InChI=1S/C23H29FN2/c24-23(17-26-22-15-21(22)19-9-5-2-6-10-19)13-11-20(12-14-23)25-16-18-7-3-1-4-8-18/h1-10,20-22,25-26H,11-17H2/t20?,21-,22+,23?/m0/s1. The maximum Gasteiger partial charge on any atom is 0.123 e. The van der Waals surface area contributed by atoms with E-state index in [0.29, 0.717) is 37.4 Å². The van der Waals surface area contributed by atoms with Gasteiger partial charge in [-0.2, -0.15) is 0 Å². The summed E-state index contributed by atoms with van der Waals surface area (Å²) in [7, 11) is 0. The van der Waals surface area contributed by atoms with Gasteiger partial charge in [-0.1, -0.05) is 60.7 Å². The lowest BCUT2D eigenvalue weighted by atomic mass is 9.83. The first-order valence-electron chi connectivity index (χ1n) is 9.96. The fraction of sp³-hybridized carbons (Fsp3) is 0.478. The molecular weight excluding hydrogens is 323 g/mol. The summed E-state index contributed by atoms with van der Waals surface area (Å²) in [6.45, 7) is 1.39. The Hall–Kier alpha value is -1.71. The van der Waals surface area contributed by atoms with E-state index >= 15 is 4.39 Å². The van der Waals surface area contributed by atoms with Gasteiger partial charge >= 0.3 is 0 Å². The molecule has 0 saturated heterocycles. The van der Waals surface area contributed by atoms with Crippen molar-refractivity contribution < 1.29 is 4.39 Å². The molecule has 3 heteroatoms. The summed E-state index contributed by atoms with van der Waals surface area (Å²) in [5.74, 6) is 0.573. The minimum absolute atomic E-state index is 0.442. The van der Waals surface area contributed by atoms with Crippen LogP contribution < -0.4 is 10.6 Å². The smallest absolute Gasteiger partial charge is 0.123 e. The third-order valence-electron chi connectivity index (χ3n) is 6.02. The zero-order chi connectivity index (χ0) is 17.8. The van der Waals surface area contributed by atoms with Gasteiger partial charge in [-0.15, -0.1) is 0 Å². The van der Waals surface area contributed by atoms with E-state index in [0.717, 1.165) is 25.8 Å². The van der Waals surface area contributed by atoms with Crippen LogP contribution in [0.5, 0.6) is 0 Å². The van der Waals surface area contributed by atoms with E-state index in [2.05, 4.69) is 65.2 Å². The Labute approximate surface area is 156 Å². The lowest BCUT2D eigenvalue weighted by Crippen LogP contribution is -2.44. The van der Waals surface area contributed by atoms with Gasteiger partial charge in [0.15, 0.2) is 0 Å². The van der Waals surface area contributed by atoms with Crippen molar-refractivity contribution in [3.05, 3.63) is 71.8 Å². The Morgan fingerprint density at radius 1 is 0.885 bits per heavy atom. The molecule has 2 saturated carbocycles. The first-order chi connectivity index (χ1) is 12.7. The Morgan fingerprint density at radius 3 is 2.23 bits per heavy atom. The molecule has 4 rings (SSSR count). The maximum absolute atomic E-state index is 15.1. The molecule has 0 aromatic heterocycles. The fourth-order valence-corrected chi connectivity index (χ4v) is 4.18. The van der Waals surface area contributed by atoms with Crippen molar-refractivity contribution in [1.82, 2.24) is 10.6 Å². The van der Waals surface area contributed by atoms with Crippen LogP contribution in [0.15, 0.2) is 60.7 Å². The zero-order valence-corrected chi connectivity index (χ0v) is 15.3. The first-order valence-corrected chi connectivity index (χ1v) is 9.96. The average Bonchev–Trinajstić information content (AvgIpc) is 3.48. The van der Waals surface area contributed by atoms with Crippen molar-refractivity contribution >= 4 is 0 Å². The Bertz CT molecular complexity index is 680. The van der Waals surface area contributed by atoms with Crippen molar-refractivity contribution in [2.24, 2.45) is 0 Å². The van der Waals surface area contributed by atoms with Gasteiger partial charge in [0.2, 0.25) is 0 Å². The van der Waals surface area contributed by atoms with Crippen LogP contribution in [0.3, 0.4) is 0 Å². The Kier molecular flexibility index (Phi) is 5.37. The normalized spacial score (nSPS) is 30.9. The van der Waals surface area contributed by atoms with E-state index in [-0.39, 0.29) is 0 Å². The minimum Gasteiger partial charge on any atom is -0.310 e. The van der Waals surface area contributed by atoms with Crippen LogP contribution in [0.4, 0.5) is 4.39 Å². The third kappa shape index (κ3) is 4.52. The fourth-order valence-electron chi connectivity index (χ4n) is 4.18. The highest BCUT2D eigenvalue weighted by Crippen LogP contribution is 2.41. The molecule has 2 nitrogen and oxygen atoms in total. The summed E-state index contributed by atoms with van der Waals surface area (Å²) in [5, 5.41) is 7.09. The molecule has 2 atom stereocenters. The second-order valence-corrected chi connectivity index (χ2v) is 8.03. The zero-order valence-electron chi connectivity index (χ0n) is 15.3. The Morgan fingerprint density at radius 2 is 1.54 bits per heavy atom. The number of rotatable bonds is 7. The summed E-state index contributed by atoms with van der Waals surface area (Å²) in [6.07, 6.45) is 4.32. The number of halogens is 1. The average molecular weight is 352 g/mol. The van der Waals surface area contributed by atoms with Crippen LogP contribution >= 0.6 is 0 Å². The van der Waals surface area contributed by atoms with E-state index in [9.17, 15) is 0 Å². The highest BCUT2D eigenvalue weighted by Gasteiger charge is 2.41. The summed E-state index contributed by atoms with van der Waals surface area (Å²) in [5.41, 5.74) is 1.65. The van der Waals surface area contributed by atoms with Crippen LogP contribution in [0, 0.1) is 0 Å². The molecular formula is C23H29FN2. The van der Waals surface area contributed by atoms with Gasteiger partial charge in [0.1, 0.15) is 5.67 Å². The second-order valence-electron chi connectivity index (χ2n) is 8.03. The number of hydrogen-bond donors (Lipinski definition) is 2. The summed E-state index contributed by atoms with van der Waals surface area (Å²) >= 11 is 0. The SMILES string of the molecule is FC1(CN[C@@H]2C[C@H]2c2ccccc2)CCC(NCc2ccccc2)CC1. The van der Waals surface area contributed by atoms with Gasteiger partial charge in [-0.25, -0.2) is 4.39 Å². The van der Waals surface area contributed by atoms with Gasteiger partial charge in [-0.3, -0.25) is 0 Å². The van der Waals surface area contributed by atoms with Crippen LogP contribution in [0.25, 0.3) is 0 Å². The topological polar surface area (TPSA) is 24.1 Å². The number of alkyl halides is 1. The van der Waals surface area contributed by atoms with E-state index in [1.807, 2.05) is 6.07 Å². The van der Waals surface area contributed by atoms with E-state index in [1.54, 1.807) is 0 Å². The molecule has 2 aromatic carbocycles. The predicted molar refractivity (Wildman–Crippen MR) is 105 cm³/mol. The van der Waals surface area contributed by atoms with Crippen LogP contribution in [0.1, 0.15) is 49.1 Å². The molecule has 2 aliphatic rings. The monoisotopic (exact) mass is 352 g/mol. The molecule has 2 aromatic rings. The van der Waals surface area contributed by atoms with E-state index < -0.39 is 5.67 Å². The molecule has 0 amide bonds. The molecule has 2 fully saturated rings. The van der Waals surface area contributed by atoms with Crippen molar-refractivity contribution in [1.29, 1.82) is 0 Å². The van der Waals surface area contributed by atoms with Gasteiger partial charge < -0.3 is 10.6 Å². The molecule has 0 spiro atoms. The minimum atomic E-state index is -1.03. The number of hydrogen-bond acceptors (Lipinski definition) is 2. The van der Waals surface area contributed by atoms with Crippen molar-refractivity contribution in [2.45, 2.75) is 62.3 Å². The molecule has 0 unspecified atom stereocenters. The van der Waals surface area contributed by atoms with Crippen molar-refractivity contribution in [3.63, 3.8) is 0 Å². The predicted octanol–water partition coefficient (Wildman–Crippen LogP) is 4.57. The maximum atomic E-state index is 15.1. The van der Waals surface area contributed by atoms with Crippen LogP contribution in [0.2, 0.25) is 0 Å². The molecule has 2 N–H and O–H groups in total. The molecule has 0 radical (unpaired) electrons. The molecule has 0 bridgehead atoms.